The highest BCUT2D eigenvalue weighted by Crippen LogP contribution is 2.12. The third-order valence-electron chi connectivity index (χ3n) is 3.13. The number of benzene rings is 2. The van der Waals surface area contributed by atoms with E-state index in [1.165, 1.54) is 7.11 Å². The molecule has 0 aliphatic heterocycles. The highest BCUT2D eigenvalue weighted by atomic mass is 79.9. The van der Waals surface area contributed by atoms with Crippen LogP contribution in [0.5, 0.6) is 0 Å². The van der Waals surface area contributed by atoms with E-state index in [0.29, 0.717) is 17.8 Å². The second-order valence-corrected chi connectivity index (χ2v) is 5.75. The van der Waals surface area contributed by atoms with Crippen molar-refractivity contribution in [2.75, 3.05) is 19.0 Å². The van der Waals surface area contributed by atoms with Crippen LogP contribution in [0.25, 0.3) is 0 Å². The minimum Gasteiger partial charge on any atom is -0.465 e. The molecule has 0 fully saturated rings. The third kappa shape index (κ3) is 5.41. The normalized spacial score (nSPS) is 10.0. The molecule has 0 saturated heterocycles. The molecule has 2 amide bonds. The number of hydrogen-bond donors (Lipinski definition) is 2. The van der Waals surface area contributed by atoms with Crippen LogP contribution < -0.4 is 10.6 Å². The lowest BCUT2D eigenvalue weighted by molar-refractivity contribution is 0.0600. The zero-order chi connectivity index (χ0) is 16.7. The SMILES string of the molecule is COC(=O)c1cccc(NC(=O)NCCc2cccc(Br)c2)c1. The third-order valence-corrected chi connectivity index (χ3v) is 3.62. The van der Waals surface area contributed by atoms with Gasteiger partial charge in [0.2, 0.25) is 0 Å². The average molecular weight is 377 g/mol. The van der Waals surface area contributed by atoms with Gasteiger partial charge in [0.15, 0.2) is 0 Å². The maximum atomic E-state index is 11.9. The maximum absolute atomic E-state index is 11.9. The van der Waals surface area contributed by atoms with Crippen molar-refractivity contribution in [3.63, 3.8) is 0 Å². The van der Waals surface area contributed by atoms with Crippen LogP contribution in [-0.4, -0.2) is 25.7 Å². The number of nitrogens with one attached hydrogen (secondary N) is 2. The van der Waals surface area contributed by atoms with E-state index in [1.807, 2.05) is 24.3 Å². The molecule has 120 valence electrons. The van der Waals surface area contributed by atoms with Crippen molar-refractivity contribution in [1.29, 1.82) is 0 Å². The van der Waals surface area contributed by atoms with Crippen molar-refractivity contribution in [2.45, 2.75) is 6.42 Å². The van der Waals surface area contributed by atoms with E-state index in [-0.39, 0.29) is 6.03 Å². The molecule has 0 unspecified atom stereocenters. The summed E-state index contributed by atoms with van der Waals surface area (Å²) in [5, 5.41) is 5.47. The first kappa shape index (κ1) is 17.0. The summed E-state index contributed by atoms with van der Waals surface area (Å²) in [5.41, 5.74) is 2.06. The molecule has 5 nitrogen and oxygen atoms in total. The number of methoxy groups -OCH3 is 1. The van der Waals surface area contributed by atoms with Gasteiger partial charge >= 0.3 is 12.0 Å². The number of esters is 1. The van der Waals surface area contributed by atoms with Crippen LogP contribution in [0.15, 0.2) is 53.0 Å². The number of halogens is 1. The lowest BCUT2D eigenvalue weighted by atomic mass is 10.1. The van der Waals surface area contributed by atoms with E-state index in [1.54, 1.807) is 24.3 Å². The zero-order valence-electron chi connectivity index (χ0n) is 12.6. The van der Waals surface area contributed by atoms with Crippen molar-refractivity contribution in [2.24, 2.45) is 0 Å². The summed E-state index contributed by atoms with van der Waals surface area (Å²) in [6.07, 6.45) is 0.731. The summed E-state index contributed by atoms with van der Waals surface area (Å²) in [6, 6.07) is 14.2. The number of carbonyl (C=O) groups is 2. The Morgan fingerprint density at radius 3 is 2.65 bits per heavy atom. The number of carbonyl (C=O) groups excluding carboxylic acids is 2. The van der Waals surface area contributed by atoms with Crippen LogP contribution in [0, 0.1) is 0 Å². The first-order valence-electron chi connectivity index (χ1n) is 7.06. The number of rotatable bonds is 5. The largest absolute Gasteiger partial charge is 0.465 e. The Morgan fingerprint density at radius 2 is 1.91 bits per heavy atom. The molecule has 2 aromatic rings. The molecule has 0 atom stereocenters. The van der Waals surface area contributed by atoms with E-state index in [2.05, 4.69) is 31.3 Å². The predicted molar refractivity (Wildman–Crippen MR) is 92.6 cm³/mol. The van der Waals surface area contributed by atoms with Crippen LogP contribution >= 0.6 is 15.9 Å². The van der Waals surface area contributed by atoms with Gasteiger partial charge in [-0.3, -0.25) is 0 Å². The number of amides is 2. The Hall–Kier alpha value is -2.34. The lowest BCUT2D eigenvalue weighted by Crippen LogP contribution is -2.30. The molecule has 0 spiro atoms. The van der Waals surface area contributed by atoms with E-state index >= 15 is 0 Å². The quantitative estimate of drug-likeness (QED) is 0.783. The molecule has 6 heteroatoms. The van der Waals surface area contributed by atoms with Gasteiger partial charge in [0.25, 0.3) is 0 Å². The van der Waals surface area contributed by atoms with Crippen molar-refractivity contribution in [1.82, 2.24) is 5.32 Å². The summed E-state index contributed by atoms with van der Waals surface area (Å²) in [7, 11) is 1.32. The van der Waals surface area contributed by atoms with Crippen LogP contribution in [0.2, 0.25) is 0 Å². The zero-order valence-corrected chi connectivity index (χ0v) is 14.2. The van der Waals surface area contributed by atoms with Gasteiger partial charge in [-0.25, -0.2) is 9.59 Å². The molecule has 2 N–H and O–H groups in total. The van der Waals surface area contributed by atoms with E-state index in [4.69, 9.17) is 0 Å². The van der Waals surface area contributed by atoms with Gasteiger partial charge in [0.05, 0.1) is 12.7 Å². The van der Waals surface area contributed by atoms with Gasteiger partial charge < -0.3 is 15.4 Å². The molecule has 0 saturated carbocycles. The van der Waals surface area contributed by atoms with Crippen molar-refractivity contribution >= 4 is 33.6 Å². The van der Waals surface area contributed by atoms with Crippen molar-refractivity contribution in [3.05, 3.63) is 64.1 Å². The summed E-state index contributed by atoms with van der Waals surface area (Å²) in [6.45, 7) is 0.513. The van der Waals surface area contributed by atoms with E-state index < -0.39 is 5.97 Å². The number of anilines is 1. The minimum absolute atomic E-state index is 0.318. The molecule has 2 aromatic carbocycles. The highest BCUT2D eigenvalue weighted by Gasteiger charge is 2.07. The number of hydrogen-bond acceptors (Lipinski definition) is 3. The predicted octanol–water partition coefficient (Wildman–Crippen LogP) is 3.60. The minimum atomic E-state index is -0.441. The Kier molecular flexibility index (Phi) is 6.17. The monoisotopic (exact) mass is 376 g/mol. The molecule has 0 aromatic heterocycles. The molecule has 0 aliphatic carbocycles. The number of ether oxygens (including phenoxy) is 1. The lowest BCUT2D eigenvalue weighted by Gasteiger charge is -2.09. The fraction of sp³-hybridized carbons (Fsp3) is 0.176. The van der Waals surface area contributed by atoms with Gasteiger partial charge in [-0.15, -0.1) is 0 Å². The molecule has 0 bridgehead atoms. The van der Waals surface area contributed by atoms with Crippen molar-refractivity contribution in [3.8, 4) is 0 Å². The summed E-state index contributed by atoms with van der Waals surface area (Å²) in [5.74, 6) is -0.441. The first-order chi connectivity index (χ1) is 11.1. The molecular weight excluding hydrogens is 360 g/mol. The molecular formula is C17H17BrN2O3. The van der Waals surface area contributed by atoms with Gasteiger partial charge in [-0.05, 0) is 42.3 Å². The Morgan fingerprint density at radius 1 is 1.13 bits per heavy atom. The smallest absolute Gasteiger partial charge is 0.337 e. The topological polar surface area (TPSA) is 67.4 Å². The summed E-state index contributed by atoms with van der Waals surface area (Å²) >= 11 is 3.41. The van der Waals surface area contributed by atoms with Gasteiger partial charge in [0.1, 0.15) is 0 Å². The maximum Gasteiger partial charge on any atom is 0.337 e. The highest BCUT2D eigenvalue weighted by molar-refractivity contribution is 9.10. The van der Waals surface area contributed by atoms with Crippen LogP contribution in [0.4, 0.5) is 10.5 Å². The molecule has 0 radical (unpaired) electrons. The average Bonchev–Trinajstić information content (AvgIpc) is 2.54. The van der Waals surface area contributed by atoms with Crippen LogP contribution in [-0.2, 0) is 11.2 Å². The van der Waals surface area contributed by atoms with Crippen LogP contribution in [0.1, 0.15) is 15.9 Å². The van der Waals surface area contributed by atoms with Gasteiger partial charge in [-0.1, -0.05) is 34.1 Å². The summed E-state index contributed by atoms with van der Waals surface area (Å²) < 4.78 is 5.66. The first-order valence-corrected chi connectivity index (χ1v) is 7.85. The summed E-state index contributed by atoms with van der Waals surface area (Å²) in [4.78, 5) is 23.3. The van der Waals surface area contributed by atoms with Gasteiger partial charge in [-0.2, -0.15) is 0 Å². The fourth-order valence-electron chi connectivity index (χ4n) is 2.03. The standard InChI is InChI=1S/C17H17BrN2O3/c1-23-16(21)13-5-3-7-15(11-13)20-17(22)19-9-8-12-4-2-6-14(18)10-12/h2-7,10-11H,8-9H2,1H3,(H2,19,20,22). The Balaban J connectivity index is 1.84. The molecule has 2 rings (SSSR count). The number of urea groups is 1. The molecule has 0 heterocycles. The molecule has 0 aliphatic rings. The second kappa shape index (κ2) is 8.33. The Bertz CT molecular complexity index is 704. The van der Waals surface area contributed by atoms with Gasteiger partial charge in [0, 0.05) is 16.7 Å². The Labute approximate surface area is 143 Å². The van der Waals surface area contributed by atoms with Crippen LogP contribution in [0.3, 0.4) is 0 Å². The van der Waals surface area contributed by atoms with E-state index in [9.17, 15) is 9.59 Å². The van der Waals surface area contributed by atoms with E-state index in [0.717, 1.165) is 16.5 Å². The van der Waals surface area contributed by atoms with Crippen molar-refractivity contribution < 1.29 is 14.3 Å². The molecule has 23 heavy (non-hydrogen) atoms. The fourth-order valence-corrected chi connectivity index (χ4v) is 2.48. The second-order valence-electron chi connectivity index (χ2n) is 4.83.